The number of aldehydes is 1. The first-order valence-corrected chi connectivity index (χ1v) is 12.3. The number of carbonyl (C=O) groups excluding carboxylic acids is 4. The van der Waals surface area contributed by atoms with Gasteiger partial charge in [-0.2, -0.15) is 0 Å². The zero-order valence-electron chi connectivity index (χ0n) is 22.0. The first kappa shape index (κ1) is 30.5. The second kappa shape index (κ2) is 17.7. The predicted molar refractivity (Wildman–Crippen MR) is 148 cm³/mol. The van der Waals surface area contributed by atoms with E-state index >= 15 is 0 Å². The third kappa shape index (κ3) is 11.9. The molecular formula is C29H34N4O6. The van der Waals surface area contributed by atoms with Crippen molar-refractivity contribution in [3.05, 3.63) is 90.5 Å². The van der Waals surface area contributed by atoms with Crippen LogP contribution in [0.5, 0.6) is 11.5 Å². The van der Waals surface area contributed by atoms with E-state index in [4.69, 9.17) is 9.47 Å². The second-order valence-electron chi connectivity index (χ2n) is 8.16. The standard InChI is InChI=1S/C16H21N3O5.C13H13NO/c1-17-16(23)14(18-11-21)7-15(22)19-13(8-20)10-24-9-12-5-3-2-4-6-12;1-14-11-7-9-13(10-8-11)15-12-5-3-2-4-6-12/h2-6,8,11,13-14H,7,9-10H2,1H3,(H,17,23)(H,18,21)(H,19,22);2-10,14H,1H3. The van der Waals surface area contributed by atoms with Gasteiger partial charge < -0.3 is 35.5 Å². The first-order valence-electron chi connectivity index (χ1n) is 12.3. The lowest BCUT2D eigenvalue weighted by Crippen LogP contribution is -2.47. The van der Waals surface area contributed by atoms with E-state index in [1.807, 2.05) is 92.0 Å². The smallest absolute Gasteiger partial charge is 0.242 e. The summed E-state index contributed by atoms with van der Waals surface area (Å²) in [4.78, 5) is 44.9. The van der Waals surface area contributed by atoms with Gasteiger partial charge in [0.15, 0.2) is 0 Å². The third-order valence-corrected chi connectivity index (χ3v) is 5.26. The van der Waals surface area contributed by atoms with Crippen molar-refractivity contribution in [2.45, 2.75) is 25.1 Å². The van der Waals surface area contributed by atoms with Crippen molar-refractivity contribution in [3.8, 4) is 11.5 Å². The normalized spacial score (nSPS) is 11.4. The van der Waals surface area contributed by atoms with Gasteiger partial charge in [-0.3, -0.25) is 14.4 Å². The van der Waals surface area contributed by atoms with E-state index in [2.05, 4.69) is 21.3 Å². The quantitative estimate of drug-likeness (QED) is 0.234. The molecule has 3 aromatic rings. The molecule has 10 nitrogen and oxygen atoms in total. The fourth-order valence-corrected chi connectivity index (χ4v) is 3.24. The van der Waals surface area contributed by atoms with Crippen LogP contribution in [0.3, 0.4) is 0 Å². The summed E-state index contributed by atoms with van der Waals surface area (Å²) in [5, 5.41) is 10.1. The summed E-state index contributed by atoms with van der Waals surface area (Å²) in [5.74, 6) is 0.661. The molecule has 0 saturated carbocycles. The molecule has 0 aliphatic carbocycles. The zero-order valence-corrected chi connectivity index (χ0v) is 22.0. The van der Waals surface area contributed by atoms with Crippen LogP contribution in [0.4, 0.5) is 5.69 Å². The number of para-hydroxylation sites is 1. The van der Waals surface area contributed by atoms with Crippen molar-refractivity contribution >= 4 is 30.2 Å². The summed E-state index contributed by atoms with van der Waals surface area (Å²) >= 11 is 0. The number of ether oxygens (including phenoxy) is 2. The van der Waals surface area contributed by atoms with Crippen molar-refractivity contribution < 1.29 is 28.7 Å². The Balaban J connectivity index is 0.000000302. The summed E-state index contributed by atoms with van der Waals surface area (Å²) in [5.41, 5.74) is 2.03. The van der Waals surface area contributed by atoms with E-state index in [9.17, 15) is 19.2 Å². The zero-order chi connectivity index (χ0) is 28.3. The molecule has 0 bridgehead atoms. The van der Waals surface area contributed by atoms with Gasteiger partial charge in [0, 0.05) is 19.8 Å². The first-order chi connectivity index (χ1) is 19.0. The van der Waals surface area contributed by atoms with E-state index in [1.54, 1.807) is 0 Å². The van der Waals surface area contributed by atoms with E-state index in [-0.39, 0.29) is 13.0 Å². The van der Waals surface area contributed by atoms with Gasteiger partial charge in [-0.25, -0.2) is 0 Å². The minimum atomic E-state index is -0.995. The molecule has 206 valence electrons. The van der Waals surface area contributed by atoms with Crippen LogP contribution in [0.15, 0.2) is 84.9 Å². The molecule has 0 saturated heterocycles. The van der Waals surface area contributed by atoms with E-state index < -0.39 is 23.9 Å². The highest BCUT2D eigenvalue weighted by Crippen LogP contribution is 2.22. The fraction of sp³-hybridized carbons (Fsp3) is 0.241. The molecule has 4 N–H and O–H groups in total. The van der Waals surface area contributed by atoms with Gasteiger partial charge >= 0.3 is 0 Å². The van der Waals surface area contributed by atoms with Gasteiger partial charge in [0.1, 0.15) is 29.9 Å². The van der Waals surface area contributed by atoms with Crippen LogP contribution < -0.4 is 26.0 Å². The molecule has 2 atom stereocenters. The van der Waals surface area contributed by atoms with Crippen molar-refractivity contribution in [1.29, 1.82) is 0 Å². The van der Waals surface area contributed by atoms with Crippen LogP contribution in [-0.4, -0.2) is 57.3 Å². The highest BCUT2D eigenvalue weighted by atomic mass is 16.5. The minimum Gasteiger partial charge on any atom is -0.457 e. The van der Waals surface area contributed by atoms with Crippen LogP contribution >= 0.6 is 0 Å². The number of benzene rings is 3. The van der Waals surface area contributed by atoms with Gasteiger partial charge in [0.25, 0.3) is 0 Å². The Morgan fingerprint density at radius 1 is 0.846 bits per heavy atom. The van der Waals surface area contributed by atoms with Crippen LogP contribution in [0, 0.1) is 0 Å². The molecule has 2 unspecified atom stereocenters. The van der Waals surface area contributed by atoms with Crippen molar-refractivity contribution in [2.75, 3.05) is 26.0 Å². The number of hydrogen-bond donors (Lipinski definition) is 4. The van der Waals surface area contributed by atoms with Gasteiger partial charge in [0.05, 0.1) is 19.6 Å². The van der Waals surface area contributed by atoms with Crippen LogP contribution in [0.1, 0.15) is 12.0 Å². The highest BCUT2D eigenvalue weighted by Gasteiger charge is 2.21. The minimum absolute atomic E-state index is 0.00981. The number of hydrogen-bond acceptors (Lipinski definition) is 7. The van der Waals surface area contributed by atoms with Crippen molar-refractivity contribution in [3.63, 3.8) is 0 Å². The Labute approximate surface area is 228 Å². The molecule has 3 aromatic carbocycles. The third-order valence-electron chi connectivity index (χ3n) is 5.26. The van der Waals surface area contributed by atoms with Gasteiger partial charge in [-0.15, -0.1) is 0 Å². The number of rotatable bonds is 14. The number of anilines is 1. The Bertz CT molecular complexity index is 1140. The number of carbonyl (C=O) groups is 4. The molecule has 0 fully saturated rings. The predicted octanol–water partition coefficient (Wildman–Crippen LogP) is 2.66. The van der Waals surface area contributed by atoms with Gasteiger partial charge in [-0.05, 0) is 42.0 Å². The Hall–Kier alpha value is -4.70. The maximum absolute atomic E-state index is 11.9. The SMILES string of the molecule is CNC(=O)C(CC(=O)NC(C=O)COCc1ccccc1)NC=O.CNc1ccc(Oc2ccccc2)cc1. The summed E-state index contributed by atoms with van der Waals surface area (Å²) in [6.07, 6.45) is 0.625. The molecule has 10 heteroatoms. The van der Waals surface area contributed by atoms with Crippen LogP contribution in [-0.2, 0) is 30.5 Å². The Morgan fingerprint density at radius 3 is 2.03 bits per heavy atom. The molecule has 0 aliphatic heterocycles. The van der Waals surface area contributed by atoms with Crippen LogP contribution in [0.2, 0.25) is 0 Å². The summed E-state index contributed by atoms with van der Waals surface area (Å²) < 4.78 is 11.0. The number of nitrogens with one attached hydrogen (secondary N) is 4. The molecule has 0 spiro atoms. The summed E-state index contributed by atoms with van der Waals surface area (Å²) in [6, 6.07) is 25.2. The van der Waals surface area contributed by atoms with E-state index in [0.29, 0.717) is 19.3 Å². The Kier molecular flexibility index (Phi) is 13.9. The maximum atomic E-state index is 11.9. The monoisotopic (exact) mass is 534 g/mol. The average Bonchev–Trinajstić information content (AvgIpc) is 2.98. The Morgan fingerprint density at radius 2 is 1.46 bits per heavy atom. The average molecular weight is 535 g/mol. The molecule has 0 aliphatic rings. The molecule has 0 heterocycles. The van der Waals surface area contributed by atoms with Gasteiger partial charge in [-0.1, -0.05) is 48.5 Å². The molecular weight excluding hydrogens is 500 g/mol. The lowest BCUT2D eigenvalue weighted by atomic mass is 10.1. The molecule has 0 aromatic heterocycles. The summed E-state index contributed by atoms with van der Waals surface area (Å²) in [7, 11) is 3.29. The number of amides is 3. The summed E-state index contributed by atoms with van der Waals surface area (Å²) in [6.45, 7) is 0.324. The molecule has 39 heavy (non-hydrogen) atoms. The second-order valence-corrected chi connectivity index (χ2v) is 8.16. The van der Waals surface area contributed by atoms with Crippen LogP contribution in [0.25, 0.3) is 0 Å². The van der Waals surface area contributed by atoms with Crippen molar-refractivity contribution in [1.82, 2.24) is 16.0 Å². The molecule has 0 radical (unpaired) electrons. The van der Waals surface area contributed by atoms with Gasteiger partial charge in [0.2, 0.25) is 18.2 Å². The van der Waals surface area contributed by atoms with Crippen molar-refractivity contribution in [2.24, 2.45) is 0 Å². The number of likely N-dealkylation sites (N-methyl/N-ethyl adjacent to an activating group) is 1. The maximum Gasteiger partial charge on any atom is 0.242 e. The van der Waals surface area contributed by atoms with E-state index in [0.717, 1.165) is 22.7 Å². The molecule has 3 amide bonds. The largest absolute Gasteiger partial charge is 0.457 e. The highest BCUT2D eigenvalue weighted by molar-refractivity contribution is 5.90. The topological polar surface area (TPSA) is 135 Å². The fourth-order valence-electron chi connectivity index (χ4n) is 3.24. The lowest BCUT2D eigenvalue weighted by molar-refractivity contribution is -0.130. The molecule has 3 rings (SSSR count). The lowest BCUT2D eigenvalue weighted by Gasteiger charge is -2.17. The van der Waals surface area contributed by atoms with E-state index in [1.165, 1.54) is 7.05 Å².